The highest BCUT2D eigenvalue weighted by molar-refractivity contribution is 9.10. The molecule has 2 aromatic heterocycles. The molecule has 0 bridgehead atoms. The number of fused-ring (bicyclic) bond motifs is 2. The maximum Gasteiger partial charge on any atom is 0.283 e. The summed E-state index contributed by atoms with van der Waals surface area (Å²) in [7, 11) is 0. The van der Waals surface area contributed by atoms with Crippen molar-refractivity contribution < 1.29 is 4.52 Å². The van der Waals surface area contributed by atoms with Gasteiger partial charge in [0.1, 0.15) is 5.52 Å². The minimum Gasteiger partial charge on any atom is -0.282 e. The molecular weight excluding hydrogens is 268 g/mol. The van der Waals surface area contributed by atoms with Crippen LogP contribution in [0, 0.1) is 0 Å². The normalized spacial score (nSPS) is 11.1. The van der Waals surface area contributed by atoms with Gasteiger partial charge in [0.2, 0.25) is 6.20 Å². The van der Waals surface area contributed by atoms with Gasteiger partial charge in [0.15, 0.2) is 0 Å². The Hall–Kier alpha value is -1.68. The Morgan fingerprint density at radius 2 is 2.06 bits per heavy atom. The molecule has 78 valence electrons. The number of halogens is 1. The van der Waals surface area contributed by atoms with E-state index in [-0.39, 0.29) is 5.43 Å². The van der Waals surface area contributed by atoms with E-state index in [4.69, 9.17) is 0 Å². The minimum atomic E-state index is 0.0376. The van der Waals surface area contributed by atoms with Gasteiger partial charge < -0.3 is 0 Å². The zero-order chi connectivity index (χ0) is 11.1. The van der Waals surface area contributed by atoms with Crippen molar-refractivity contribution in [1.29, 1.82) is 0 Å². The molecule has 3 aromatic rings. The van der Waals surface area contributed by atoms with Gasteiger partial charge in [-0.25, -0.2) is 0 Å². The van der Waals surface area contributed by atoms with Crippen molar-refractivity contribution in [3.8, 4) is 0 Å². The van der Waals surface area contributed by atoms with Crippen LogP contribution in [0.15, 0.2) is 51.9 Å². The first-order valence-electron chi connectivity index (χ1n) is 4.88. The molecule has 3 nitrogen and oxygen atoms in total. The molecule has 2 heterocycles. The predicted molar refractivity (Wildman–Crippen MR) is 65.4 cm³/mol. The number of aromatic amines is 1. The summed E-state index contributed by atoms with van der Waals surface area (Å²) in [5.41, 5.74) is 1.51. The topological polar surface area (TPSA) is 37.0 Å². The van der Waals surface area contributed by atoms with E-state index in [2.05, 4.69) is 21.0 Å². The highest BCUT2D eigenvalue weighted by Crippen LogP contribution is 2.14. The largest absolute Gasteiger partial charge is 0.283 e. The second kappa shape index (κ2) is 3.42. The minimum absolute atomic E-state index is 0.0376. The maximum absolute atomic E-state index is 12.2. The molecule has 0 spiro atoms. The lowest BCUT2D eigenvalue weighted by molar-refractivity contribution is -0.578. The Balaban J connectivity index is 2.61. The third-order valence-corrected chi connectivity index (χ3v) is 3.05. The Labute approximate surface area is 99.5 Å². The summed E-state index contributed by atoms with van der Waals surface area (Å²) in [4.78, 5) is 12.2. The predicted octanol–water partition coefficient (Wildman–Crippen LogP) is 2.03. The third-order valence-electron chi connectivity index (χ3n) is 2.56. The molecule has 4 heteroatoms. The van der Waals surface area contributed by atoms with Crippen molar-refractivity contribution in [2.75, 3.05) is 0 Å². The van der Waals surface area contributed by atoms with Crippen LogP contribution in [0.25, 0.3) is 16.4 Å². The molecule has 0 aliphatic heterocycles. The average molecular weight is 276 g/mol. The summed E-state index contributed by atoms with van der Waals surface area (Å²) in [6, 6.07) is 11.2. The highest BCUT2D eigenvalue weighted by atomic mass is 79.9. The van der Waals surface area contributed by atoms with Gasteiger partial charge in [0.05, 0.1) is 5.39 Å². The Morgan fingerprint density at radius 3 is 2.94 bits per heavy atom. The second-order valence-electron chi connectivity index (χ2n) is 3.59. The number of rotatable bonds is 0. The molecule has 0 fully saturated rings. The number of nitrogens with one attached hydrogen (secondary N) is 1. The van der Waals surface area contributed by atoms with Crippen molar-refractivity contribution in [1.82, 2.24) is 5.10 Å². The summed E-state index contributed by atoms with van der Waals surface area (Å²) >= 11 is 3.37. The van der Waals surface area contributed by atoms with Crippen LogP contribution in [-0.2, 0) is 0 Å². The van der Waals surface area contributed by atoms with E-state index >= 15 is 0 Å². The van der Waals surface area contributed by atoms with Crippen LogP contribution in [0.3, 0.4) is 0 Å². The van der Waals surface area contributed by atoms with E-state index in [1.807, 2.05) is 36.5 Å². The molecular formula is C12H8BrN2O+. The number of benzene rings is 1. The van der Waals surface area contributed by atoms with Gasteiger partial charge in [0.25, 0.3) is 10.9 Å². The van der Waals surface area contributed by atoms with Crippen LogP contribution in [0.2, 0.25) is 0 Å². The summed E-state index contributed by atoms with van der Waals surface area (Å²) in [6.45, 7) is 0. The number of hydrogen-bond acceptors (Lipinski definition) is 1. The molecule has 0 amide bonds. The third kappa shape index (κ3) is 1.34. The first kappa shape index (κ1) is 9.54. The van der Waals surface area contributed by atoms with Crippen molar-refractivity contribution in [2.45, 2.75) is 0 Å². The van der Waals surface area contributed by atoms with Crippen molar-refractivity contribution >= 4 is 32.3 Å². The number of nitrogens with zero attached hydrogens (tertiary/aromatic N) is 1. The number of aromatic nitrogens is 2. The van der Waals surface area contributed by atoms with E-state index in [9.17, 15) is 4.79 Å². The number of hydrogen-bond donors (Lipinski definition) is 1. The summed E-state index contributed by atoms with van der Waals surface area (Å²) in [5.74, 6) is 0. The maximum atomic E-state index is 12.2. The molecule has 16 heavy (non-hydrogen) atoms. The van der Waals surface area contributed by atoms with E-state index in [0.29, 0.717) is 10.9 Å². The first-order chi connectivity index (χ1) is 7.75. The molecule has 0 aliphatic rings. The quantitative estimate of drug-likeness (QED) is 0.495. The van der Waals surface area contributed by atoms with Gasteiger partial charge in [-0.15, -0.1) is 0 Å². The number of H-pyrrole nitrogens is 1. The van der Waals surface area contributed by atoms with E-state index in [1.54, 1.807) is 10.6 Å². The monoisotopic (exact) mass is 275 g/mol. The van der Waals surface area contributed by atoms with Crippen LogP contribution in [-0.4, -0.2) is 5.10 Å². The van der Waals surface area contributed by atoms with E-state index < -0.39 is 0 Å². The summed E-state index contributed by atoms with van der Waals surface area (Å²) in [5, 5.41) is 3.87. The first-order valence-corrected chi connectivity index (χ1v) is 5.67. The van der Waals surface area contributed by atoms with E-state index in [0.717, 1.165) is 9.99 Å². The Bertz CT molecular complexity index is 749. The number of pyridine rings is 1. The lowest BCUT2D eigenvalue weighted by Crippen LogP contribution is -2.31. The fourth-order valence-electron chi connectivity index (χ4n) is 1.80. The summed E-state index contributed by atoms with van der Waals surface area (Å²) < 4.78 is 2.64. The SMILES string of the molecule is O=c1c2cc(Br)ccc2[nH][n+]2ccccc12. The molecule has 1 N–H and O–H groups in total. The zero-order valence-corrected chi connectivity index (χ0v) is 9.86. The van der Waals surface area contributed by atoms with Gasteiger partial charge in [0, 0.05) is 16.6 Å². The molecule has 0 aliphatic carbocycles. The lowest BCUT2D eigenvalue weighted by atomic mass is 10.2. The van der Waals surface area contributed by atoms with Crippen LogP contribution in [0.1, 0.15) is 0 Å². The van der Waals surface area contributed by atoms with Crippen LogP contribution in [0.5, 0.6) is 0 Å². The van der Waals surface area contributed by atoms with Gasteiger partial charge in [-0.1, -0.05) is 20.4 Å². The summed E-state index contributed by atoms with van der Waals surface area (Å²) in [6.07, 6.45) is 1.83. The van der Waals surface area contributed by atoms with Gasteiger partial charge in [-0.05, 0) is 24.3 Å². The molecule has 0 saturated carbocycles. The van der Waals surface area contributed by atoms with Gasteiger partial charge in [-0.2, -0.15) is 5.10 Å². The lowest BCUT2D eigenvalue weighted by Gasteiger charge is -1.96. The smallest absolute Gasteiger partial charge is 0.282 e. The Morgan fingerprint density at radius 1 is 1.19 bits per heavy atom. The van der Waals surface area contributed by atoms with E-state index in [1.165, 1.54) is 0 Å². The van der Waals surface area contributed by atoms with Gasteiger partial charge in [-0.3, -0.25) is 4.79 Å². The molecule has 0 saturated heterocycles. The molecule has 1 aromatic carbocycles. The molecule has 0 unspecified atom stereocenters. The fraction of sp³-hybridized carbons (Fsp3) is 0. The molecule has 0 atom stereocenters. The second-order valence-corrected chi connectivity index (χ2v) is 4.50. The van der Waals surface area contributed by atoms with Crippen molar-refractivity contribution in [3.05, 3.63) is 57.3 Å². The highest BCUT2D eigenvalue weighted by Gasteiger charge is 2.10. The molecule has 0 radical (unpaired) electrons. The van der Waals surface area contributed by atoms with Crippen LogP contribution >= 0.6 is 15.9 Å². The fourth-order valence-corrected chi connectivity index (χ4v) is 2.16. The Kier molecular flexibility index (Phi) is 2.04. The van der Waals surface area contributed by atoms with Gasteiger partial charge >= 0.3 is 0 Å². The van der Waals surface area contributed by atoms with Crippen molar-refractivity contribution in [2.24, 2.45) is 0 Å². The van der Waals surface area contributed by atoms with Crippen LogP contribution < -0.4 is 9.94 Å². The average Bonchev–Trinajstić information content (AvgIpc) is 2.31. The standard InChI is InChI=1S/C12H7BrN2O/c13-8-4-5-10-9(7-8)12(16)11-3-1-2-6-15(11)14-10/h1-7H/p+1. The molecule has 3 rings (SSSR count). The van der Waals surface area contributed by atoms with Crippen LogP contribution in [0.4, 0.5) is 0 Å². The zero-order valence-electron chi connectivity index (χ0n) is 8.27. The van der Waals surface area contributed by atoms with Crippen molar-refractivity contribution in [3.63, 3.8) is 0 Å².